The molecule has 2 rings (SSSR count). The number of hydrogen-bond acceptors (Lipinski definition) is 3. The first-order valence-electron chi connectivity index (χ1n) is 5.47. The van der Waals surface area contributed by atoms with Crippen molar-refractivity contribution in [3.63, 3.8) is 0 Å². The zero-order chi connectivity index (χ0) is 13.8. The van der Waals surface area contributed by atoms with E-state index < -0.39 is 0 Å². The van der Waals surface area contributed by atoms with Gasteiger partial charge in [-0.15, -0.1) is 11.3 Å². The molecule has 1 aromatic carbocycles. The van der Waals surface area contributed by atoms with E-state index in [4.69, 9.17) is 18.0 Å². The van der Waals surface area contributed by atoms with Crippen LogP contribution in [0.25, 0.3) is 0 Å². The number of thiocarbonyl (C=S) groups is 1. The summed E-state index contributed by atoms with van der Waals surface area (Å²) in [7, 11) is 0. The molecule has 3 N–H and O–H groups in total. The van der Waals surface area contributed by atoms with Crippen LogP contribution in [0, 0.1) is 0 Å². The fraction of sp³-hybridized carbons (Fsp3) is 0.0769. The van der Waals surface area contributed by atoms with E-state index in [9.17, 15) is 4.79 Å². The lowest BCUT2D eigenvalue weighted by atomic mass is 10.1. The number of nitrogens with one attached hydrogen (secondary N) is 1. The molecule has 0 aliphatic heterocycles. The molecular formula is C13H11BrN2OS2. The van der Waals surface area contributed by atoms with E-state index in [2.05, 4.69) is 21.2 Å². The van der Waals surface area contributed by atoms with Crippen molar-refractivity contribution in [2.75, 3.05) is 0 Å². The van der Waals surface area contributed by atoms with Gasteiger partial charge in [-0.2, -0.15) is 0 Å². The molecule has 0 atom stereocenters. The van der Waals surface area contributed by atoms with E-state index in [1.807, 2.05) is 29.6 Å². The van der Waals surface area contributed by atoms with Crippen molar-refractivity contribution in [2.45, 2.75) is 6.54 Å². The molecule has 19 heavy (non-hydrogen) atoms. The number of carbonyl (C=O) groups excluding carboxylic acids is 1. The zero-order valence-corrected chi connectivity index (χ0v) is 13.1. The van der Waals surface area contributed by atoms with E-state index in [1.165, 1.54) is 11.3 Å². The van der Waals surface area contributed by atoms with Gasteiger partial charge in [-0.1, -0.05) is 36.5 Å². The molecule has 0 fully saturated rings. The number of thiophene rings is 1. The molecule has 6 heteroatoms. The highest BCUT2D eigenvalue weighted by molar-refractivity contribution is 9.11. The molecule has 98 valence electrons. The molecule has 0 saturated heterocycles. The Morgan fingerprint density at radius 2 is 2.00 bits per heavy atom. The molecule has 0 unspecified atom stereocenters. The van der Waals surface area contributed by atoms with Crippen LogP contribution in [0.1, 0.15) is 21.5 Å². The van der Waals surface area contributed by atoms with E-state index in [0.29, 0.717) is 17.1 Å². The molecule has 1 heterocycles. The van der Waals surface area contributed by atoms with Crippen LogP contribution in [0.15, 0.2) is 39.5 Å². The van der Waals surface area contributed by atoms with Crippen LogP contribution in [0.2, 0.25) is 0 Å². The maximum Gasteiger partial charge on any atom is 0.252 e. The van der Waals surface area contributed by atoms with Gasteiger partial charge in [0.05, 0.1) is 9.35 Å². The number of amides is 1. The van der Waals surface area contributed by atoms with Gasteiger partial charge in [-0.05, 0) is 27.6 Å². The first kappa shape index (κ1) is 14.2. The average Bonchev–Trinajstić information content (AvgIpc) is 2.83. The SMILES string of the molecule is NC(=S)c1ccc(CNC(=O)c2csc(Br)c2)cc1. The second-order valence-electron chi connectivity index (χ2n) is 3.88. The lowest BCUT2D eigenvalue weighted by molar-refractivity contribution is 0.0951. The van der Waals surface area contributed by atoms with Crippen LogP contribution in [0.3, 0.4) is 0 Å². The van der Waals surface area contributed by atoms with Crippen molar-refractivity contribution in [3.05, 3.63) is 56.2 Å². The summed E-state index contributed by atoms with van der Waals surface area (Å²) in [4.78, 5) is 12.2. The van der Waals surface area contributed by atoms with Crippen molar-refractivity contribution in [2.24, 2.45) is 5.73 Å². The van der Waals surface area contributed by atoms with E-state index >= 15 is 0 Å². The summed E-state index contributed by atoms with van der Waals surface area (Å²) in [5, 5.41) is 4.67. The van der Waals surface area contributed by atoms with Crippen molar-refractivity contribution in [1.29, 1.82) is 0 Å². The fourth-order valence-electron chi connectivity index (χ4n) is 1.50. The van der Waals surface area contributed by atoms with Crippen LogP contribution < -0.4 is 11.1 Å². The van der Waals surface area contributed by atoms with Crippen LogP contribution in [0.4, 0.5) is 0 Å². The maximum absolute atomic E-state index is 11.8. The van der Waals surface area contributed by atoms with Crippen molar-refractivity contribution < 1.29 is 4.79 Å². The van der Waals surface area contributed by atoms with E-state index in [-0.39, 0.29) is 5.91 Å². The van der Waals surface area contributed by atoms with Crippen LogP contribution >= 0.6 is 39.5 Å². The smallest absolute Gasteiger partial charge is 0.252 e. The Labute approximate surface area is 129 Å². The van der Waals surface area contributed by atoms with Gasteiger partial charge in [-0.25, -0.2) is 0 Å². The first-order valence-corrected chi connectivity index (χ1v) is 7.55. The average molecular weight is 355 g/mol. The van der Waals surface area contributed by atoms with Crippen molar-refractivity contribution in [3.8, 4) is 0 Å². The normalized spacial score (nSPS) is 10.2. The van der Waals surface area contributed by atoms with E-state index in [1.54, 1.807) is 6.07 Å². The topological polar surface area (TPSA) is 55.1 Å². The predicted octanol–water partition coefficient (Wildman–Crippen LogP) is 3.07. The Kier molecular flexibility index (Phi) is 4.68. The summed E-state index contributed by atoms with van der Waals surface area (Å²) in [6.45, 7) is 0.476. The minimum atomic E-state index is -0.0830. The van der Waals surface area contributed by atoms with Crippen LogP contribution in [0.5, 0.6) is 0 Å². The molecule has 0 bridgehead atoms. The molecule has 0 radical (unpaired) electrons. The molecule has 3 nitrogen and oxygen atoms in total. The lowest BCUT2D eigenvalue weighted by Gasteiger charge is -2.05. The summed E-state index contributed by atoms with van der Waals surface area (Å²) in [6.07, 6.45) is 0. The minimum Gasteiger partial charge on any atom is -0.389 e. The standard InChI is InChI=1S/C13H11BrN2OS2/c14-11-5-10(7-19-11)13(17)16-6-8-1-3-9(4-2-8)12(15)18/h1-5,7H,6H2,(H2,15,18)(H,16,17). The summed E-state index contributed by atoms with van der Waals surface area (Å²) in [5.74, 6) is -0.0830. The van der Waals surface area contributed by atoms with Gasteiger partial charge in [0.2, 0.25) is 0 Å². The van der Waals surface area contributed by atoms with Crippen LogP contribution in [-0.2, 0) is 6.54 Å². The number of rotatable bonds is 4. The minimum absolute atomic E-state index is 0.0830. The number of halogens is 1. The molecule has 0 aliphatic carbocycles. The molecular weight excluding hydrogens is 344 g/mol. The molecule has 0 spiro atoms. The highest BCUT2D eigenvalue weighted by atomic mass is 79.9. The van der Waals surface area contributed by atoms with Gasteiger partial charge in [0.15, 0.2) is 0 Å². The molecule has 1 aromatic heterocycles. The Balaban J connectivity index is 1.95. The summed E-state index contributed by atoms with van der Waals surface area (Å²) in [6, 6.07) is 9.31. The lowest BCUT2D eigenvalue weighted by Crippen LogP contribution is -2.22. The monoisotopic (exact) mass is 354 g/mol. The third-order valence-electron chi connectivity index (χ3n) is 2.52. The van der Waals surface area contributed by atoms with Crippen LogP contribution in [-0.4, -0.2) is 10.9 Å². The van der Waals surface area contributed by atoms with Gasteiger partial charge in [0.1, 0.15) is 4.99 Å². The Morgan fingerprint density at radius 3 is 2.53 bits per heavy atom. The number of nitrogens with two attached hydrogens (primary N) is 1. The summed E-state index contributed by atoms with van der Waals surface area (Å²) < 4.78 is 0.943. The fourth-order valence-corrected chi connectivity index (χ4v) is 2.77. The Hall–Kier alpha value is -1.24. The van der Waals surface area contributed by atoms with Gasteiger partial charge in [-0.3, -0.25) is 4.79 Å². The Morgan fingerprint density at radius 1 is 1.32 bits per heavy atom. The molecule has 1 amide bonds. The largest absolute Gasteiger partial charge is 0.389 e. The number of benzene rings is 1. The number of hydrogen-bond donors (Lipinski definition) is 2. The third kappa shape index (κ3) is 3.86. The third-order valence-corrected chi connectivity index (χ3v) is 4.26. The van der Waals surface area contributed by atoms with Crippen molar-refractivity contribution in [1.82, 2.24) is 5.32 Å². The van der Waals surface area contributed by atoms with Gasteiger partial charge in [0, 0.05) is 17.5 Å². The second-order valence-corrected chi connectivity index (χ2v) is 6.61. The first-order chi connectivity index (χ1) is 9.06. The highest BCUT2D eigenvalue weighted by Gasteiger charge is 2.07. The molecule has 0 aliphatic rings. The van der Waals surface area contributed by atoms with Gasteiger partial charge in [0.25, 0.3) is 5.91 Å². The highest BCUT2D eigenvalue weighted by Crippen LogP contribution is 2.20. The number of carbonyl (C=O) groups is 1. The van der Waals surface area contributed by atoms with Crippen molar-refractivity contribution >= 4 is 50.4 Å². The predicted molar refractivity (Wildman–Crippen MR) is 85.5 cm³/mol. The maximum atomic E-state index is 11.8. The second kappa shape index (κ2) is 6.27. The molecule has 0 saturated carbocycles. The van der Waals surface area contributed by atoms with Gasteiger partial charge >= 0.3 is 0 Å². The Bertz CT molecular complexity index is 607. The molecule has 2 aromatic rings. The summed E-state index contributed by atoms with van der Waals surface area (Å²) >= 11 is 9.70. The zero-order valence-electron chi connectivity index (χ0n) is 9.85. The quantitative estimate of drug-likeness (QED) is 0.829. The van der Waals surface area contributed by atoms with Gasteiger partial charge < -0.3 is 11.1 Å². The summed E-state index contributed by atoms with van der Waals surface area (Å²) in [5.41, 5.74) is 8.01. The van der Waals surface area contributed by atoms with E-state index in [0.717, 1.165) is 14.9 Å².